The molecule has 25 heavy (non-hydrogen) atoms. The summed E-state index contributed by atoms with van der Waals surface area (Å²) in [6, 6.07) is 15.0. The highest BCUT2D eigenvalue weighted by Crippen LogP contribution is 2.31. The molecule has 8 heteroatoms. The highest BCUT2D eigenvalue weighted by molar-refractivity contribution is 7.89. The van der Waals surface area contributed by atoms with Crippen LogP contribution in [0.15, 0.2) is 63.9 Å². The third-order valence-electron chi connectivity index (χ3n) is 3.51. The zero-order valence-electron chi connectivity index (χ0n) is 12.9. The van der Waals surface area contributed by atoms with Gasteiger partial charge in [-0.25, -0.2) is 13.6 Å². The molecule has 0 spiro atoms. The number of rotatable bonds is 5. The Morgan fingerprint density at radius 3 is 2.36 bits per heavy atom. The maximum absolute atomic E-state index is 11.2. The molecule has 130 valence electrons. The molecule has 5 nitrogen and oxygen atoms in total. The summed E-state index contributed by atoms with van der Waals surface area (Å²) in [6.07, 6.45) is 0. The number of hydrogen-bond acceptors (Lipinski definition) is 4. The van der Waals surface area contributed by atoms with Crippen LogP contribution in [0, 0.1) is 0 Å². The molecule has 0 amide bonds. The average Bonchev–Trinajstić information content (AvgIpc) is 3.01. The molecule has 0 saturated carbocycles. The summed E-state index contributed by atoms with van der Waals surface area (Å²) in [7, 11) is -3.69. The van der Waals surface area contributed by atoms with Gasteiger partial charge in [0.05, 0.1) is 16.5 Å². The van der Waals surface area contributed by atoms with Crippen molar-refractivity contribution in [3.8, 4) is 11.3 Å². The lowest BCUT2D eigenvalue weighted by Gasteiger charge is -2.06. The SMILES string of the molecule is NS(=O)(=O)c1ccc(NCc2ccc(-c3ccc(Cl)cc3Cl)o2)cc1. The number of hydrogen-bond donors (Lipinski definition) is 2. The number of benzene rings is 2. The molecule has 1 aromatic heterocycles. The van der Waals surface area contributed by atoms with E-state index in [2.05, 4.69) is 5.32 Å². The largest absolute Gasteiger partial charge is 0.459 e. The van der Waals surface area contributed by atoms with Crippen molar-refractivity contribution >= 4 is 38.9 Å². The second-order valence-corrected chi connectivity index (χ2v) is 7.72. The van der Waals surface area contributed by atoms with E-state index in [-0.39, 0.29) is 4.90 Å². The summed E-state index contributed by atoms with van der Waals surface area (Å²) in [5.74, 6) is 1.35. The second-order valence-electron chi connectivity index (χ2n) is 5.31. The molecule has 3 N–H and O–H groups in total. The van der Waals surface area contributed by atoms with Crippen molar-refractivity contribution in [2.75, 3.05) is 5.32 Å². The lowest BCUT2D eigenvalue weighted by molar-refractivity contribution is 0.531. The Morgan fingerprint density at radius 1 is 1.00 bits per heavy atom. The molecule has 0 unspecified atom stereocenters. The number of sulfonamides is 1. The molecule has 0 bridgehead atoms. The van der Waals surface area contributed by atoms with Gasteiger partial charge in [-0.2, -0.15) is 0 Å². The van der Waals surface area contributed by atoms with Crippen LogP contribution in [0.2, 0.25) is 10.0 Å². The van der Waals surface area contributed by atoms with Gasteiger partial charge in [0.15, 0.2) is 0 Å². The van der Waals surface area contributed by atoms with Crippen molar-refractivity contribution in [2.24, 2.45) is 5.14 Å². The van der Waals surface area contributed by atoms with E-state index in [1.54, 1.807) is 30.3 Å². The normalized spacial score (nSPS) is 11.5. The minimum absolute atomic E-state index is 0.0655. The van der Waals surface area contributed by atoms with Crippen LogP contribution >= 0.6 is 23.2 Å². The monoisotopic (exact) mass is 396 g/mol. The highest BCUT2D eigenvalue weighted by Gasteiger charge is 2.10. The van der Waals surface area contributed by atoms with Crippen LogP contribution in [0.4, 0.5) is 5.69 Å². The Balaban J connectivity index is 1.70. The second kappa shape index (κ2) is 7.09. The van der Waals surface area contributed by atoms with Crippen LogP contribution in [-0.2, 0) is 16.6 Å². The molecular weight excluding hydrogens is 383 g/mol. The van der Waals surface area contributed by atoms with Gasteiger partial charge in [-0.05, 0) is 54.6 Å². The minimum Gasteiger partial charge on any atom is -0.459 e. The van der Waals surface area contributed by atoms with Crippen molar-refractivity contribution in [3.05, 3.63) is 70.4 Å². The summed E-state index contributed by atoms with van der Waals surface area (Å²) in [6.45, 7) is 0.430. The number of halogens is 2. The minimum atomic E-state index is -3.69. The van der Waals surface area contributed by atoms with Gasteiger partial charge in [0, 0.05) is 16.3 Å². The number of nitrogens with one attached hydrogen (secondary N) is 1. The van der Waals surface area contributed by atoms with Crippen LogP contribution in [0.5, 0.6) is 0 Å². The van der Waals surface area contributed by atoms with Crippen LogP contribution in [0.1, 0.15) is 5.76 Å². The maximum Gasteiger partial charge on any atom is 0.238 e. The Hall–Kier alpha value is -1.99. The molecule has 0 aliphatic heterocycles. The number of nitrogens with two attached hydrogens (primary N) is 1. The van der Waals surface area contributed by atoms with E-state index in [0.29, 0.717) is 28.1 Å². The van der Waals surface area contributed by atoms with Gasteiger partial charge in [-0.15, -0.1) is 0 Å². The summed E-state index contributed by atoms with van der Waals surface area (Å²) in [4.78, 5) is 0.0655. The predicted molar refractivity (Wildman–Crippen MR) is 99.3 cm³/mol. The summed E-state index contributed by atoms with van der Waals surface area (Å²) >= 11 is 12.1. The first-order valence-electron chi connectivity index (χ1n) is 7.24. The number of primary sulfonamides is 1. The number of anilines is 1. The third kappa shape index (κ3) is 4.35. The van der Waals surface area contributed by atoms with Gasteiger partial charge in [0.2, 0.25) is 10.0 Å². The van der Waals surface area contributed by atoms with Gasteiger partial charge in [-0.1, -0.05) is 23.2 Å². The maximum atomic E-state index is 11.2. The van der Waals surface area contributed by atoms with E-state index in [9.17, 15) is 8.42 Å². The molecule has 0 atom stereocenters. The third-order valence-corrected chi connectivity index (χ3v) is 4.98. The van der Waals surface area contributed by atoms with E-state index in [0.717, 1.165) is 11.3 Å². The molecule has 3 rings (SSSR count). The molecule has 1 heterocycles. The Labute approximate surface area is 155 Å². The van der Waals surface area contributed by atoms with E-state index in [1.165, 1.54) is 12.1 Å². The first-order chi connectivity index (χ1) is 11.8. The van der Waals surface area contributed by atoms with Gasteiger partial charge in [0.25, 0.3) is 0 Å². The smallest absolute Gasteiger partial charge is 0.238 e. The predicted octanol–water partition coefficient (Wildman–Crippen LogP) is 4.51. The van der Waals surface area contributed by atoms with Crippen LogP contribution in [-0.4, -0.2) is 8.42 Å². The topological polar surface area (TPSA) is 85.3 Å². The first kappa shape index (κ1) is 17.8. The fourth-order valence-electron chi connectivity index (χ4n) is 2.26. The molecule has 2 aromatic carbocycles. The van der Waals surface area contributed by atoms with E-state index >= 15 is 0 Å². The van der Waals surface area contributed by atoms with Crippen molar-refractivity contribution < 1.29 is 12.8 Å². The quantitative estimate of drug-likeness (QED) is 0.663. The van der Waals surface area contributed by atoms with Gasteiger partial charge in [0.1, 0.15) is 11.5 Å². The summed E-state index contributed by atoms with van der Waals surface area (Å²) in [5, 5.41) is 9.29. The van der Waals surface area contributed by atoms with Crippen molar-refractivity contribution in [1.29, 1.82) is 0 Å². The van der Waals surface area contributed by atoms with Crippen LogP contribution < -0.4 is 10.5 Å². The standard InChI is InChI=1S/C17H14Cl2N2O3S/c18-11-1-7-15(16(19)9-11)17-8-4-13(24-17)10-21-12-2-5-14(6-3-12)25(20,22)23/h1-9,21H,10H2,(H2,20,22,23). The highest BCUT2D eigenvalue weighted by atomic mass is 35.5. The van der Waals surface area contributed by atoms with Crippen LogP contribution in [0.25, 0.3) is 11.3 Å². The van der Waals surface area contributed by atoms with Crippen molar-refractivity contribution in [1.82, 2.24) is 0 Å². The molecule has 0 aliphatic rings. The molecule has 0 saturated heterocycles. The lowest BCUT2D eigenvalue weighted by atomic mass is 10.2. The van der Waals surface area contributed by atoms with E-state index in [4.69, 9.17) is 32.8 Å². The van der Waals surface area contributed by atoms with E-state index < -0.39 is 10.0 Å². The summed E-state index contributed by atoms with van der Waals surface area (Å²) in [5.41, 5.74) is 1.50. The first-order valence-corrected chi connectivity index (χ1v) is 9.54. The van der Waals surface area contributed by atoms with Gasteiger partial charge in [-0.3, -0.25) is 0 Å². The number of furan rings is 1. The fourth-order valence-corrected chi connectivity index (χ4v) is 3.28. The Bertz CT molecular complexity index is 999. The molecular formula is C17H14Cl2N2O3S. The average molecular weight is 397 g/mol. The molecule has 0 aliphatic carbocycles. The zero-order valence-corrected chi connectivity index (χ0v) is 15.2. The Kier molecular flexibility index (Phi) is 5.06. The lowest BCUT2D eigenvalue weighted by Crippen LogP contribution is -2.11. The van der Waals surface area contributed by atoms with Crippen LogP contribution in [0.3, 0.4) is 0 Å². The zero-order chi connectivity index (χ0) is 18.0. The molecule has 3 aromatic rings. The molecule has 0 radical (unpaired) electrons. The van der Waals surface area contributed by atoms with Crippen molar-refractivity contribution in [3.63, 3.8) is 0 Å². The van der Waals surface area contributed by atoms with Crippen molar-refractivity contribution in [2.45, 2.75) is 11.4 Å². The summed E-state index contributed by atoms with van der Waals surface area (Å²) < 4.78 is 28.2. The molecule has 0 fully saturated rings. The van der Waals surface area contributed by atoms with E-state index in [1.807, 2.05) is 12.1 Å². The Morgan fingerprint density at radius 2 is 1.72 bits per heavy atom. The van der Waals surface area contributed by atoms with Gasteiger partial charge < -0.3 is 9.73 Å². The van der Waals surface area contributed by atoms with Gasteiger partial charge >= 0.3 is 0 Å². The fraction of sp³-hybridized carbons (Fsp3) is 0.0588.